The molecule has 0 saturated carbocycles. The van der Waals surface area contributed by atoms with Crippen LogP contribution in [0.4, 0.5) is 0 Å². The third-order valence-corrected chi connectivity index (χ3v) is 3.70. The van der Waals surface area contributed by atoms with Crippen molar-refractivity contribution in [3.63, 3.8) is 0 Å². The first kappa shape index (κ1) is 13.3. The van der Waals surface area contributed by atoms with Crippen LogP contribution in [0.1, 0.15) is 6.92 Å². The van der Waals surface area contributed by atoms with Gasteiger partial charge in [-0.3, -0.25) is 4.79 Å². The molecular formula is C12H17N3O2S. The van der Waals surface area contributed by atoms with Gasteiger partial charge in [0.05, 0.1) is 25.5 Å². The fourth-order valence-electron chi connectivity index (χ4n) is 1.96. The minimum atomic E-state index is 0.0742. The maximum absolute atomic E-state index is 12.1. The molecule has 2 aliphatic rings. The molecule has 0 bridgehead atoms. The molecule has 1 amide bonds. The summed E-state index contributed by atoms with van der Waals surface area (Å²) in [6.07, 6.45) is 1.89. The normalized spacial score (nSPS) is 21.6. The summed E-state index contributed by atoms with van der Waals surface area (Å²) in [5, 5.41) is 0.603. The molecule has 0 spiro atoms. The molecule has 98 valence electrons. The number of hydrogen-bond donors (Lipinski definition) is 0. The highest BCUT2D eigenvalue weighted by Gasteiger charge is 2.31. The van der Waals surface area contributed by atoms with Crippen molar-refractivity contribution in [2.75, 3.05) is 32.6 Å². The molecule has 6 heteroatoms. The van der Waals surface area contributed by atoms with E-state index in [9.17, 15) is 4.79 Å². The quantitative estimate of drug-likeness (QED) is 0.570. The maximum Gasteiger partial charge on any atom is 0.251 e. The smallest absolute Gasteiger partial charge is 0.251 e. The largest absolute Gasteiger partial charge is 0.381 e. The van der Waals surface area contributed by atoms with Gasteiger partial charge in [0, 0.05) is 18.0 Å². The van der Waals surface area contributed by atoms with E-state index >= 15 is 0 Å². The number of rotatable bonds is 3. The first-order chi connectivity index (χ1) is 8.65. The van der Waals surface area contributed by atoms with E-state index in [1.165, 1.54) is 11.8 Å². The van der Waals surface area contributed by atoms with Crippen LogP contribution in [0.2, 0.25) is 0 Å². The average molecular weight is 267 g/mol. The second kappa shape index (κ2) is 5.67. The Labute approximate surface area is 111 Å². The third kappa shape index (κ3) is 2.64. The van der Waals surface area contributed by atoms with E-state index in [1.807, 2.05) is 18.1 Å². The molecule has 2 aliphatic heterocycles. The Morgan fingerprint density at radius 3 is 2.83 bits per heavy atom. The van der Waals surface area contributed by atoms with Crippen molar-refractivity contribution >= 4 is 29.6 Å². The molecule has 2 rings (SSSR count). The summed E-state index contributed by atoms with van der Waals surface area (Å²) in [4.78, 5) is 22.1. The first-order valence-corrected chi connectivity index (χ1v) is 7.04. The lowest BCUT2D eigenvalue weighted by Gasteiger charge is -2.30. The van der Waals surface area contributed by atoms with Gasteiger partial charge in [0.15, 0.2) is 5.17 Å². The van der Waals surface area contributed by atoms with Crippen molar-refractivity contribution in [1.29, 1.82) is 0 Å². The molecule has 5 nitrogen and oxygen atoms in total. The number of ether oxygens (including phenoxy) is 1. The van der Waals surface area contributed by atoms with Crippen LogP contribution in [0.3, 0.4) is 0 Å². The Morgan fingerprint density at radius 1 is 1.61 bits per heavy atom. The second-order valence-electron chi connectivity index (χ2n) is 4.42. The van der Waals surface area contributed by atoms with Crippen molar-refractivity contribution in [3.05, 3.63) is 11.3 Å². The van der Waals surface area contributed by atoms with Crippen molar-refractivity contribution in [3.8, 4) is 0 Å². The van der Waals surface area contributed by atoms with Crippen LogP contribution >= 0.6 is 11.8 Å². The lowest BCUT2D eigenvalue weighted by atomic mass is 10.1. The van der Waals surface area contributed by atoms with Gasteiger partial charge in [-0.05, 0) is 19.9 Å². The monoisotopic (exact) mass is 267 g/mol. The highest BCUT2D eigenvalue weighted by molar-refractivity contribution is 8.13. The van der Waals surface area contributed by atoms with Crippen LogP contribution in [0.15, 0.2) is 21.3 Å². The molecule has 0 radical (unpaired) electrons. The fraction of sp³-hybridized carbons (Fsp3) is 0.583. The molecular weight excluding hydrogens is 250 g/mol. The number of hydrogen-bond acceptors (Lipinski definition) is 4. The predicted molar refractivity (Wildman–Crippen MR) is 74.1 cm³/mol. The third-order valence-electron chi connectivity index (χ3n) is 3.12. The van der Waals surface area contributed by atoms with Crippen molar-refractivity contribution in [2.45, 2.75) is 6.92 Å². The molecule has 0 aliphatic carbocycles. The summed E-state index contributed by atoms with van der Waals surface area (Å²) >= 11 is 1.43. The van der Waals surface area contributed by atoms with Gasteiger partial charge in [-0.15, -0.1) is 0 Å². The summed E-state index contributed by atoms with van der Waals surface area (Å²) < 4.78 is 5.13. The Bertz CT molecular complexity index is 427. The molecule has 18 heavy (non-hydrogen) atoms. The fourth-order valence-corrected chi connectivity index (χ4v) is 2.29. The lowest BCUT2D eigenvalue weighted by Crippen LogP contribution is -2.40. The molecule has 2 heterocycles. The summed E-state index contributed by atoms with van der Waals surface area (Å²) in [5.74, 6) is 0.549. The van der Waals surface area contributed by atoms with Gasteiger partial charge in [-0.1, -0.05) is 11.8 Å². The van der Waals surface area contributed by atoms with Crippen molar-refractivity contribution < 1.29 is 9.53 Å². The standard InChI is InChI=1S/C12H17N3O2S/c1-8-10(14-12(13-2)18-3)5-15(11(8)16)4-9-6-17-7-9/h9H,2,4-7H2,1,3H3/b14-12+. The van der Waals surface area contributed by atoms with E-state index in [4.69, 9.17) is 4.74 Å². The summed E-state index contributed by atoms with van der Waals surface area (Å²) in [7, 11) is 0. The number of carbonyl (C=O) groups is 1. The second-order valence-corrected chi connectivity index (χ2v) is 5.19. The van der Waals surface area contributed by atoms with Crippen molar-refractivity contribution in [1.82, 2.24) is 4.90 Å². The van der Waals surface area contributed by atoms with Crippen molar-refractivity contribution in [2.24, 2.45) is 15.9 Å². The predicted octanol–water partition coefficient (Wildman–Crippen LogP) is 1.17. The zero-order valence-corrected chi connectivity index (χ0v) is 11.5. The lowest BCUT2D eigenvalue weighted by molar-refractivity contribution is -0.128. The Hall–Kier alpha value is -1.14. The Morgan fingerprint density at radius 2 is 2.33 bits per heavy atom. The van der Waals surface area contributed by atoms with Gasteiger partial charge in [0.2, 0.25) is 0 Å². The maximum atomic E-state index is 12.1. The number of nitrogens with zero attached hydrogens (tertiary/aromatic N) is 3. The van der Waals surface area contributed by atoms with E-state index in [0.717, 1.165) is 25.5 Å². The van der Waals surface area contributed by atoms with Crippen LogP contribution in [-0.4, -0.2) is 55.3 Å². The summed E-state index contributed by atoms with van der Waals surface area (Å²) in [6, 6.07) is 0. The van der Waals surface area contributed by atoms with E-state index in [1.54, 1.807) is 0 Å². The van der Waals surface area contributed by atoms with Gasteiger partial charge in [-0.25, -0.2) is 9.98 Å². The van der Waals surface area contributed by atoms with Gasteiger partial charge in [0.25, 0.3) is 5.91 Å². The zero-order chi connectivity index (χ0) is 13.1. The molecule has 0 unspecified atom stereocenters. The van der Waals surface area contributed by atoms with Crippen LogP contribution in [0.5, 0.6) is 0 Å². The molecule has 1 saturated heterocycles. The van der Waals surface area contributed by atoms with E-state index in [2.05, 4.69) is 16.7 Å². The zero-order valence-electron chi connectivity index (χ0n) is 10.7. The first-order valence-electron chi connectivity index (χ1n) is 5.82. The van der Waals surface area contributed by atoms with Gasteiger partial charge in [-0.2, -0.15) is 0 Å². The Kier molecular flexibility index (Phi) is 4.19. The van der Waals surface area contributed by atoms with E-state index in [-0.39, 0.29) is 5.91 Å². The van der Waals surface area contributed by atoms with Crippen LogP contribution < -0.4 is 0 Å². The molecule has 0 atom stereocenters. The number of thioether (sulfide) groups is 1. The minimum Gasteiger partial charge on any atom is -0.381 e. The van der Waals surface area contributed by atoms with Gasteiger partial charge < -0.3 is 9.64 Å². The van der Waals surface area contributed by atoms with Gasteiger partial charge >= 0.3 is 0 Å². The van der Waals surface area contributed by atoms with Crippen LogP contribution in [-0.2, 0) is 9.53 Å². The molecule has 0 aromatic heterocycles. The SMILES string of the molecule is C=N/C(=N\C1=C(C)C(=O)N(CC2COC2)C1)SC. The highest BCUT2D eigenvalue weighted by atomic mass is 32.2. The molecule has 1 fully saturated rings. The van der Waals surface area contributed by atoms with E-state index in [0.29, 0.717) is 23.2 Å². The van der Waals surface area contributed by atoms with Crippen LogP contribution in [0, 0.1) is 5.92 Å². The molecule has 0 N–H and O–H groups in total. The average Bonchev–Trinajstić information content (AvgIpc) is 2.58. The van der Waals surface area contributed by atoms with Crippen LogP contribution in [0.25, 0.3) is 0 Å². The minimum absolute atomic E-state index is 0.0742. The summed E-state index contributed by atoms with van der Waals surface area (Å²) in [6.45, 7) is 8.12. The number of amidine groups is 1. The Balaban J connectivity index is 2.05. The van der Waals surface area contributed by atoms with E-state index < -0.39 is 0 Å². The number of carbonyl (C=O) groups excluding carboxylic acids is 1. The number of amides is 1. The molecule has 0 aromatic rings. The number of aliphatic imine (C=N–C) groups is 2. The highest BCUT2D eigenvalue weighted by Crippen LogP contribution is 2.23. The van der Waals surface area contributed by atoms with Gasteiger partial charge in [0.1, 0.15) is 0 Å². The topological polar surface area (TPSA) is 54.3 Å². The summed E-state index contributed by atoms with van der Waals surface area (Å²) in [5.41, 5.74) is 1.52. The molecule has 0 aromatic carbocycles.